The highest BCUT2D eigenvalue weighted by atomic mass is 16.5. The Balaban J connectivity index is 1.93. The fraction of sp³-hybridized carbons (Fsp3) is 1.00. The Morgan fingerprint density at radius 3 is 2.63 bits per heavy atom. The average Bonchev–Trinajstić information content (AvgIpc) is 2.39. The summed E-state index contributed by atoms with van der Waals surface area (Å²) in [6.07, 6.45) is 3.73. The summed E-state index contributed by atoms with van der Waals surface area (Å²) < 4.78 is 21.4. The van der Waals surface area contributed by atoms with Crippen LogP contribution in [0, 0.1) is 0 Å². The second-order valence-electron chi connectivity index (χ2n) is 4.80. The van der Waals surface area contributed by atoms with Crippen LogP contribution in [-0.4, -0.2) is 65.4 Å². The first-order chi connectivity index (χ1) is 9.33. The lowest BCUT2D eigenvalue weighted by atomic mass is 9.85. The Morgan fingerprint density at radius 2 is 1.95 bits per heavy atom. The molecule has 1 aliphatic carbocycles. The minimum atomic E-state index is 0.206. The Kier molecular flexibility index (Phi) is 9.38. The summed E-state index contributed by atoms with van der Waals surface area (Å²) in [5, 5.41) is 3.53. The zero-order valence-corrected chi connectivity index (χ0v) is 12.5. The van der Waals surface area contributed by atoms with E-state index in [9.17, 15) is 0 Å². The third kappa shape index (κ3) is 6.19. The molecule has 1 fully saturated rings. The molecule has 3 unspecified atom stereocenters. The highest BCUT2D eigenvalue weighted by Crippen LogP contribution is 2.26. The summed E-state index contributed by atoms with van der Waals surface area (Å²) in [5.74, 6) is 0. The van der Waals surface area contributed by atoms with Gasteiger partial charge in [0.05, 0.1) is 25.4 Å². The molecule has 114 valence electrons. The van der Waals surface area contributed by atoms with E-state index in [2.05, 4.69) is 5.32 Å². The highest BCUT2D eigenvalue weighted by Gasteiger charge is 2.41. The first kappa shape index (κ1) is 16.9. The van der Waals surface area contributed by atoms with Crippen LogP contribution in [0.5, 0.6) is 0 Å². The topological polar surface area (TPSA) is 49.0 Å². The van der Waals surface area contributed by atoms with Crippen molar-refractivity contribution < 1.29 is 18.9 Å². The summed E-state index contributed by atoms with van der Waals surface area (Å²) in [6, 6.07) is 0.441. The zero-order valence-electron chi connectivity index (χ0n) is 12.5. The van der Waals surface area contributed by atoms with Crippen LogP contribution < -0.4 is 5.32 Å². The molecule has 0 heterocycles. The fourth-order valence-electron chi connectivity index (χ4n) is 2.34. The smallest absolute Gasteiger partial charge is 0.0986 e. The van der Waals surface area contributed by atoms with E-state index in [-0.39, 0.29) is 12.2 Å². The fourth-order valence-corrected chi connectivity index (χ4v) is 2.34. The highest BCUT2D eigenvalue weighted by molar-refractivity contribution is 4.96. The predicted octanol–water partition coefficient (Wildman–Crippen LogP) is 1.21. The molecule has 0 radical (unpaired) electrons. The van der Waals surface area contributed by atoms with Crippen molar-refractivity contribution in [1.29, 1.82) is 0 Å². The van der Waals surface area contributed by atoms with Crippen molar-refractivity contribution in [1.82, 2.24) is 5.32 Å². The molecule has 0 aromatic carbocycles. The van der Waals surface area contributed by atoms with Crippen molar-refractivity contribution in [3.8, 4) is 0 Å². The van der Waals surface area contributed by atoms with Gasteiger partial charge < -0.3 is 24.3 Å². The van der Waals surface area contributed by atoms with Crippen LogP contribution >= 0.6 is 0 Å². The summed E-state index contributed by atoms with van der Waals surface area (Å²) in [4.78, 5) is 0. The Labute approximate surface area is 116 Å². The second kappa shape index (κ2) is 10.6. The standard InChI is InChI=1S/C14H29NO4/c1-4-19-13-11-12(14(13)17-3)15-7-5-6-8-18-10-9-16-2/h12-15H,4-11H2,1-3H3. The molecule has 0 aromatic heterocycles. The van der Waals surface area contributed by atoms with E-state index in [1.54, 1.807) is 14.2 Å². The van der Waals surface area contributed by atoms with Gasteiger partial charge in [0.25, 0.3) is 0 Å². The maximum atomic E-state index is 5.60. The van der Waals surface area contributed by atoms with E-state index < -0.39 is 0 Å². The first-order valence-corrected chi connectivity index (χ1v) is 7.28. The molecule has 0 bridgehead atoms. The molecule has 1 rings (SSSR count). The van der Waals surface area contributed by atoms with Gasteiger partial charge in [-0.3, -0.25) is 0 Å². The van der Waals surface area contributed by atoms with Gasteiger partial charge in [0, 0.05) is 33.5 Å². The molecule has 0 amide bonds. The molecular formula is C14H29NO4. The van der Waals surface area contributed by atoms with Crippen molar-refractivity contribution in [2.75, 3.05) is 47.2 Å². The van der Waals surface area contributed by atoms with E-state index in [0.717, 1.165) is 39.0 Å². The van der Waals surface area contributed by atoms with Gasteiger partial charge in [0.1, 0.15) is 0 Å². The minimum Gasteiger partial charge on any atom is -0.382 e. The molecule has 0 saturated heterocycles. The quantitative estimate of drug-likeness (QED) is 0.543. The third-order valence-electron chi connectivity index (χ3n) is 3.46. The number of hydrogen-bond donors (Lipinski definition) is 1. The monoisotopic (exact) mass is 275 g/mol. The molecule has 0 aromatic rings. The Hall–Kier alpha value is -0.200. The first-order valence-electron chi connectivity index (χ1n) is 7.28. The lowest BCUT2D eigenvalue weighted by molar-refractivity contribution is -0.131. The van der Waals surface area contributed by atoms with Gasteiger partial charge in [0.2, 0.25) is 0 Å². The summed E-state index contributed by atoms with van der Waals surface area (Å²) >= 11 is 0. The SMILES string of the molecule is CCOC1CC(NCCCCOCCOC)C1OC. The zero-order chi connectivity index (χ0) is 13.9. The van der Waals surface area contributed by atoms with E-state index in [0.29, 0.717) is 19.3 Å². The number of methoxy groups -OCH3 is 2. The molecule has 3 atom stereocenters. The maximum Gasteiger partial charge on any atom is 0.0986 e. The van der Waals surface area contributed by atoms with Crippen molar-refractivity contribution >= 4 is 0 Å². The van der Waals surface area contributed by atoms with Crippen LogP contribution in [-0.2, 0) is 18.9 Å². The van der Waals surface area contributed by atoms with E-state index in [1.807, 2.05) is 6.92 Å². The van der Waals surface area contributed by atoms with E-state index in [1.165, 1.54) is 0 Å². The summed E-state index contributed by atoms with van der Waals surface area (Å²) in [5.41, 5.74) is 0. The molecular weight excluding hydrogens is 246 g/mol. The van der Waals surface area contributed by atoms with Gasteiger partial charge in [0.15, 0.2) is 0 Å². The van der Waals surface area contributed by atoms with Crippen LogP contribution in [0.4, 0.5) is 0 Å². The van der Waals surface area contributed by atoms with Crippen molar-refractivity contribution in [3.05, 3.63) is 0 Å². The van der Waals surface area contributed by atoms with Gasteiger partial charge in [-0.05, 0) is 32.7 Å². The molecule has 0 spiro atoms. The number of ether oxygens (including phenoxy) is 4. The molecule has 1 saturated carbocycles. The van der Waals surface area contributed by atoms with E-state index >= 15 is 0 Å². The van der Waals surface area contributed by atoms with Crippen LogP contribution in [0.3, 0.4) is 0 Å². The Bertz CT molecular complexity index is 216. The van der Waals surface area contributed by atoms with Crippen molar-refractivity contribution in [2.24, 2.45) is 0 Å². The number of unbranched alkanes of at least 4 members (excludes halogenated alkanes) is 1. The van der Waals surface area contributed by atoms with Crippen LogP contribution in [0.1, 0.15) is 26.2 Å². The number of nitrogens with one attached hydrogen (secondary N) is 1. The maximum absolute atomic E-state index is 5.60. The predicted molar refractivity (Wildman–Crippen MR) is 74.5 cm³/mol. The summed E-state index contributed by atoms with van der Waals surface area (Å²) in [6.45, 7) is 5.97. The molecule has 0 aliphatic heterocycles. The van der Waals surface area contributed by atoms with Gasteiger partial charge >= 0.3 is 0 Å². The van der Waals surface area contributed by atoms with E-state index in [4.69, 9.17) is 18.9 Å². The van der Waals surface area contributed by atoms with Gasteiger partial charge in [-0.2, -0.15) is 0 Å². The van der Waals surface area contributed by atoms with Crippen LogP contribution in [0.15, 0.2) is 0 Å². The van der Waals surface area contributed by atoms with Gasteiger partial charge in [-0.15, -0.1) is 0 Å². The summed E-state index contributed by atoms with van der Waals surface area (Å²) in [7, 11) is 3.45. The van der Waals surface area contributed by atoms with Gasteiger partial charge in [-0.1, -0.05) is 0 Å². The lowest BCUT2D eigenvalue weighted by Gasteiger charge is -2.43. The molecule has 1 N–H and O–H groups in total. The minimum absolute atomic E-state index is 0.206. The molecule has 5 heteroatoms. The van der Waals surface area contributed by atoms with Crippen LogP contribution in [0.2, 0.25) is 0 Å². The normalized spacial score (nSPS) is 26.4. The lowest BCUT2D eigenvalue weighted by Crippen LogP contribution is -2.59. The molecule has 1 aliphatic rings. The molecule has 19 heavy (non-hydrogen) atoms. The van der Waals surface area contributed by atoms with Crippen molar-refractivity contribution in [3.63, 3.8) is 0 Å². The van der Waals surface area contributed by atoms with Gasteiger partial charge in [-0.25, -0.2) is 0 Å². The number of rotatable bonds is 12. The Morgan fingerprint density at radius 1 is 1.11 bits per heavy atom. The molecule has 5 nitrogen and oxygen atoms in total. The largest absolute Gasteiger partial charge is 0.382 e. The average molecular weight is 275 g/mol. The van der Waals surface area contributed by atoms with Crippen LogP contribution in [0.25, 0.3) is 0 Å². The third-order valence-corrected chi connectivity index (χ3v) is 3.46. The second-order valence-corrected chi connectivity index (χ2v) is 4.80. The van der Waals surface area contributed by atoms with Crippen molar-refractivity contribution in [2.45, 2.75) is 44.4 Å². The number of hydrogen-bond acceptors (Lipinski definition) is 5.